The molecule has 0 aliphatic heterocycles. The molecule has 0 unspecified atom stereocenters. The maximum absolute atomic E-state index is 10.6. The quantitative estimate of drug-likeness (QED) is 0.346. The van der Waals surface area contributed by atoms with Crippen molar-refractivity contribution in [3.8, 4) is 0 Å². The molecule has 0 radical (unpaired) electrons. The molecule has 0 fully saturated rings. The molecule has 0 saturated carbocycles. The first kappa shape index (κ1) is 13.9. The van der Waals surface area contributed by atoms with Crippen molar-refractivity contribution >= 4 is 39.7 Å². The second-order valence-electron chi connectivity index (χ2n) is 1.59. The molecule has 0 aliphatic rings. The van der Waals surface area contributed by atoms with Crippen LogP contribution in [-0.4, -0.2) is 50.3 Å². The third-order valence-electron chi connectivity index (χ3n) is 0.687. The summed E-state index contributed by atoms with van der Waals surface area (Å²) in [5, 5.41) is 0. The first-order chi connectivity index (χ1) is 4.62. The summed E-state index contributed by atoms with van der Waals surface area (Å²) >= 11 is 0. The van der Waals surface area contributed by atoms with E-state index in [-0.39, 0.29) is 41.9 Å². The van der Waals surface area contributed by atoms with Gasteiger partial charge in [0.25, 0.3) is 10.1 Å². The summed E-state index contributed by atoms with van der Waals surface area (Å²) < 4.78 is 25.7. The summed E-state index contributed by atoms with van der Waals surface area (Å²) in [6, 6.07) is 0. The van der Waals surface area contributed by atoms with Crippen LogP contribution in [0.5, 0.6) is 0 Å². The molecule has 0 aromatic rings. The summed E-state index contributed by atoms with van der Waals surface area (Å²) in [6.07, 6.45) is 2.65. The Kier molecular flexibility index (Phi) is 8.95. The SMILES string of the molecule is C=CCOS(=O)(=O)CC=C.[NaH]. The molecule has 60 valence electrons. The Morgan fingerprint density at radius 3 is 2.18 bits per heavy atom. The molecule has 0 atom stereocenters. The molecule has 0 heterocycles. The summed E-state index contributed by atoms with van der Waals surface area (Å²) in [4.78, 5) is 0. The van der Waals surface area contributed by atoms with Crippen molar-refractivity contribution in [1.82, 2.24) is 0 Å². The second-order valence-corrected chi connectivity index (χ2v) is 3.27. The van der Waals surface area contributed by atoms with Crippen LogP contribution in [-0.2, 0) is 14.3 Å². The Morgan fingerprint density at radius 1 is 1.27 bits per heavy atom. The minimum absolute atomic E-state index is 0. The molecule has 0 N–H and O–H groups in total. The van der Waals surface area contributed by atoms with Gasteiger partial charge in [-0.25, -0.2) is 0 Å². The molecule has 0 amide bonds. The zero-order valence-corrected chi connectivity index (χ0v) is 6.43. The van der Waals surface area contributed by atoms with Gasteiger partial charge in [0, 0.05) is 0 Å². The molecule has 0 saturated heterocycles. The number of rotatable bonds is 5. The van der Waals surface area contributed by atoms with Crippen LogP contribution in [0.3, 0.4) is 0 Å². The third-order valence-corrected chi connectivity index (χ3v) is 1.83. The first-order valence-corrected chi connectivity index (χ1v) is 4.29. The molecule has 0 aliphatic carbocycles. The number of hydrogen-bond donors (Lipinski definition) is 0. The van der Waals surface area contributed by atoms with E-state index < -0.39 is 10.1 Å². The Labute approximate surface area is 89.5 Å². The van der Waals surface area contributed by atoms with E-state index in [4.69, 9.17) is 0 Å². The molecule has 3 nitrogen and oxygen atoms in total. The molecule has 0 aromatic carbocycles. The third kappa shape index (κ3) is 8.29. The van der Waals surface area contributed by atoms with E-state index in [1.54, 1.807) is 0 Å². The average Bonchev–Trinajstić information content (AvgIpc) is 1.84. The zero-order chi connectivity index (χ0) is 8.04. The maximum atomic E-state index is 10.6. The van der Waals surface area contributed by atoms with E-state index in [0.717, 1.165) is 0 Å². The standard InChI is InChI=1S/C6H10O3S.Na.H/c1-3-5-9-10(7,8)6-4-2;;/h3-4H,1-2,5-6H2;;. The summed E-state index contributed by atoms with van der Waals surface area (Å²) in [5.41, 5.74) is 0. The molecule has 0 rings (SSSR count). The van der Waals surface area contributed by atoms with E-state index in [2.05, 4.69) is 17.3 Å². The van der Waals surface area contributed by atoms with Gasteiger partial charge in [0.15, 0.2) is 0 Å². The van der Waals surface area contributed by atoms with Crippen LogP contribution in [0.4, 0.5) is 0 Å². The van der Waals surface area contributed by atoms with Crippen LogP contribution in [0.2, 0.25) is 0 Å². The van der Waals surface area contributed by atoms with E-state index >= 15 is 0 Å². The van der Waals surface area contributed by atoms with Crippen molar-refractivity contribution in [1.29, 1.82) is 0 Å². The fourth-order valence-electron chi connectivity index (χ4n) is 0.344. The van der Waals surface area contributed by atoms with Crippen LogP contribution in [0.1, 0.15) is 0 Å². The topological polar surface area (TPSA) is 43.4 Å². The van der Waals surface area contributed by atoms with Crippen molar-refractivity contribution in [2.75, 3.05) is 12.4 Å². The van der Waals surface area contributed by atoms with Gasteiger partial charge in [0.1, 0.15) is 0 Å². The normalized spacial score (nSPS) is 9.82. The van der Waals surface area contributed by atoms with Gasteiger partial charge in [-0.3, -0.25) is 4.18 Å². The van der Waals surface area contributed by atoms with Crippen LogP contribution < -0.4 is 0 Å². The Balaban J connectivity index is 0. The Morgan fingerprint density at radius 2 is 1.82 bits per heavy atom. The van der Waals surface area contributed by atoms with Crippen molar-refractivity contribution < 1.29 is 12.6 Å². The predicted molar refractivity (Wildman–Crippen MR) is 47.3 cm³/mol. The molecule has 0 aromatic heterocycles. The minimum atomic E-state index is -3.38. The molecular formula is C6H11NaO3S. The number of hydrogen-bond acceptors (Lipinski definition) is 3. The van der Waals surface area contributed by atoms with Gasteiger partial charge in [-0.05, 0) is 0 Å². The van der Waals surface area contributed by atoms with Gasteiger partial charge in [-0.1, -0.05) is 12.2 Å². The van der Waals surface area contributed by atoms with Gasteiger partial charge >= 0.3 is 29.6 Å². The fraction of sp³-hybridized carbons (Fsp3) is 0.333. The van der Waals surface area contributed by atoms with Crippen LogP contribution in [0, 0.1) is 0 Å². The summed E-state index contributed by atoms with van der Waals surface area (Å²) in [5.74, 6) is -0.152. The molecule has 5 heteroatoms. The zero-order valence-electron chi connectivity index (χ0n) is 5.62. The van der Waals surface area contributed by atoms with Gasteiger partial charge in [0.2, 0.25) is 0 Å². The van der Waals surface area contributed by atoms with Gasteiger partial charge in [-0.2, -0.15) is 8.42 Å². The van der Waals surface area contributed by atoms with E-state index in [9.17, 15) is 8.42 Å². The Bertz CT molecular complexity index is 208. The van der Waals surface area contributed by atoms with Gasteiger partial charge in [0.05, 0.1) is 12.4 Å². The Hall–Kier alpha value is 0.390. The van der Waals surface area contributed by atoms with Crippen molar-refractivity contribution in [3.63, 3.8) is 0 Å². The predicted octanol–water partition coefficient (Wildman–Crippen LogP) is 0.0563. The molecule has 0 spiro atoms. The van der Waals surface area contributed by atoms with E-state index in [0.29, 0.717) is 0 Å². The molecular weight excluding hydrogens is 175 g/mol. The fourth-order valence-corrected chi connectivity index (χ4v) is 1.03. The van der Waals surface area contributed by atoms with E-state index in [1.165, 1.54) is 12.2 Å². The van der Waals surface area contributed by atoms with Gasteiger partial charge in [-0.15, -0.1) is 13.2 Å². The average molecular weight is 186 g/mol. The van der Waals surface area contributed by atoms with Crippen molar-refractivity contribution in [3.05, 3.63) is 25.3 Å². The van der Waals surface area contributed by atoms with Gasteiger partial charge < -0.3 is 0 Å². The van der Waals surface area contributed by atoms with Crippen molar-refractivity contribution in [2.24, 2.45) is 0 Å². The first-order valence-electron chi connectivity index (χ1n) is 2.71. The van der Waals surface area contributed by atoms with Crippen LogP contribution in [0.15, 0.2) is 25.3 Å². The molecule has 11 heavy (non-hydrogen) atoms. The summed E-state index contributed by atoms with van der Waals surface area (Å²) in [7, 11) is -3.38. The van der Waals surface area contributed by atoms with E-state index in [1.807, 2.05) is 0 Å². The summed E-state index contributed by atoms with van der Waals surface area (Å²) in [6.45, 7) is 6.60. The monoisotopic (exact) mass is 186 g/mol. The van der Waals surface area contributed by atoms with Crippen molar-refractivity contribution in [2.45, 2.75) is 0 Å². The van der Waals surface area contributed by atoms with Crippen LogP contribution in [0.25, 0.3) is 0 Å². The van der Waals surface area contributed by atoms with Crippen LogP contribution >= 0.6 is 0 Å². The second kappa shape index (κ2) is 7.06. The molecule has 0 bridgehead atoms.